The number of carbonyl (C=O) groups is 1. The van der Waals surface area contributed by atoms with Gasteiger partial charge in [0.2, 0.25) is 5.91 Å². The van der Waals surface area contributed by atoms with E-state index in [2.05, 4.69) is 0 Å². The fraction of sp³-hybridized carbons (Fsp3) is 0.909. The van der Waals surface area contributed by atoms with Crippen molar-refractivity contribution in [1.29, 1.82) is 0 Å². The minimum atomic E-state index is 0.130. The summed E-state index contributed by atoms with van der Waals surface area (Å²) in [5.74, 6) is 2.52. The van der Waals surface area contributed by atoms with Gasteiger partial charge in [0.1, 0.15) is 0 Å². The van der Waals surface area contributed by atoms with Gasteiger partial charge in [-0.2, -0.15) is 0 Å². The molecule has 0 aliphatic heterocycles. The van der Waals surface area contributed by atoms with Crippen molar-refractivity contribution >= 4 is 5.91 Å². The van der Waals surface area contributed by atoms with E-state index in [9.17, 15) is 4.79 Å². The topological polar surface area (TPSA) is 29.5 Å². The highest BCUT2D eigenvalue weighted by Gasteiger charge is 2.40. The zero-order chi connectivity index (χ0) is 10.1. The minimum Gasteiger partial charge on any atom is -0.275 e. The highest BCUT2D eigenvalue weighted by Crippen LogP contribution is 2.49. The van der Waals surface area contributed by atoms with Crippen LogP contribution in [0.4, 0.5) is 0 Å². The normalized spacial score (nSPS) is 34.9. The Morgan fingerprint density at radius 1 is 1.43 bits per heavy atom. The molecule has 3 nitrogen and oxygen atoms in total. The quantitative estimate of drug-likeness (QED) is 0.646. The van der Waals surface area contributed by atoms with Crippen molar-refractivity contribution in [1.82, 2.24) is 5.06 Å². The summed E-state index contributed by atoms with van der Waals surface area (Å²) >= 11 is 0. The van der Waals surface area contributed by atoms with E-state index in [0.29, 0.717) is 12.3 Å². The standard InChI is InChI=1S/C11H19NO2/c1-12(14-2)11(13)7-10-6-8-3-4-9(10)5-8/h8-10H,3-7H2,1-2H3. The number of hydrogen-bond donors (Lipinski definition) is 0. The van der Waals surface area contributed by atoms with Crippen LogP contribution < -0.4 is 0 Å². The molecule has 2 fully saturated rings. The first-order valence-corrected chi connectivity index (χ1v) is 5.51. The molecule has 2 aliphatic carbocycles. The maximum Gasteiger partial charge on any atom is 0.246 e. The fourth-order valence-corrected chi connectivity index (χ4v) is 3.08. The van der Waals surface area contributed by atoms with Crippen LogP contribution >= 0.6 is 0 Å². The summed E-state index contributed by atoms with van der Waals surface area (Å²) < 4.78 is 0. The van der Waals surface area contributed by atoms with Crippen LogP contribution in [0, 0.1) is 17.8 Å². The van der Waals surface area contributed by atoms with Gasteiger partial charge in [0.25, 0.3) is 0 Å². The second kappa shape index (κ2) is 3.89. The summed E-state index contributed by atoms with van der Waals surface area (Å²) in [7, 11) is 3.23. The Labute approximate surface area is 85.4 Å². The lowest BCUT2D eigenvalue weighted by atomic mass is 9.86. The smallest absolute Gasteiger partial charge is 0.246 e. The third-order valence-electron chi connectivity index (χ3n) is 3.95. The van der Waals surface area contributed by atoms with E-state index < -0.39 is 0 Å². The summed E-state index contributed by atoms with van der Waals surface area (Å²) in [5.41, 5.74) is 0. The van der Waals surface area contributed by atoms with E-state index in [1.54, 1.807) is 14.2 Å². The lowest BCUT2D eigenvalue weighted by molar-refractivity contribution is -0.170. The largest absolute Gasteiger partial charge is 0.275 e. The first-order valence-electron chi connectivity index (χ1n) is 5.51. The first-order chi connectivity index (χ1) is 6.70. The molecule has 14 heavy (non-hydrogen) atoms. The molecule has 0 radical (unpaired) electrons. The first kappa shape index (κ1) is 9.97. The lowest BCUT2D eigenvalue weighted by Crippen LogP contribution is -2.28. The van der Waals surface area contributed by atoms with E-state index >= 15 is 0 Å². The van der Waals surface area contributed by atoms with Crippen molar-refractivity contribution in [2.45, 2.75) is 32.1 Å². The van der Waals surface area contributed by atoms with E-state index in [1.807, 2.05) is 0 Å². The van der Waals surface area contributed by atoms with Crippen molar-refractivity contribution in [2.24, 2.45) is 17.8 Å². The van der Waals surface area contributed by atoms with Crippen LogP contribution in [0.25, 0.3) is 0 Å². The molecule has 2 bridgehead atoms. The average molecular weight is 197 g/mol. The van der Waals surface area contributed by atoms with Crippen LogP contribution in [0.5, 0.6) is 0 Å². The molecule has 2 aliphatic rings. The Bertz CT molecular complexity index is 229. The number of hydrogen-bond acceptors (Lipinski definition) is 2. The van der Waals surface area contributed by atoms with Crippen molar-refractivity contribution < 1.29 is 9.63 Å². The molecule has 0 aromatic rings. The minimum absolute atomic E-state index is 0.130. The molecular formula is C11H19NO2. The van der Waals surface area contributed by atoms with Crippen LogP contribution in [-0.4, -0.2) is 25.1 Å². The maximum atomic E-state index is 11.6. The van der Waals surface area contributed by atoms with Crippen LogP contribution in [-0.2, 0) is 9.63 Å². The number of fused-ring (bicyclic) bond motifs is 2. The highest BCUT2D eigenvalue weighted by atomic mass is 16.7. The Kier molecular flexibility index (Phi) is 2.77. The molecule has 0 aromatic carbocycles. The number of nitrogens with zero attached hydrogens (tertiary/aromatic N) is 1. The Morgan fingerprint density at radius 2 is 2.21 bits per heavy atom. The summed E-state index contributed by atoms with van der Waals surface area (Å²) in [6.07, 6.45) is 6.07. The molecule has 2 saturated carbocycles. The summed E-state index contributed by atoms with van der Waals surface area (Å²) in [6, 6.07) is 0. The van der Waals surface area contributed by atoms with Gasteiger partial charge in [-0.15, -0.1) is 0 Å². The lowest BCUT2D eigenvalue weighted by Gasteiger charge is -2.23. The molecule has 3 atom stereocenters. The number of carbonyl (C=O) groups excluding carboxylic acids is 1. The predicted octanol–water partition coefficient (Wildman–Crippen LogP) is 1.83. The van der Waals surface area contributed by atoms with Crippen LogP contribution in [0.15, 0.2) is 0 Å². The SMILES string of the molecule is CON(C)C(=O)CC1CC2CCC1C2. The average Bonchev–Trinajstić information content (AvgIpc) is 2.77. The van der Waals surface area contributed by atoms with Gasteiger partial charge in [0.15, 0.2) is 0 Å². The molecule has 80 valence electrons. The van der Waals surface area contributed by atoms with Gasteiger partial charge in [-0.1, -0.05) is 6.42 Å². The van der Waals surface area contributed by atoms with Gasteiger partial charge < -0.3 is 0 Å². The summed E-state index contributed by atoms with van der Waals surface area (Å²) in [4.78, 5) is 16.5. The Morgan fingerprint density at radius 3 is 2.71 bits per heavy atom. The Balaban J connectivity index is 1.84. The zero-order valence-corrected chi connectivity index (χ0v) is 9.03. The maximum absolute atomic E-state index is 11.6. The van der Waals surface area contributed by atoms with E-state index in [0.717, 1.165) is 11.8 Å². The number of rotatable bonds is 3. The monoisotopic (exact) mass is 197 g/mol. The van der Waals surface area contributed by atoms with Gasteiger partial charge in [-0.25, -0.2) is 5.06 Å². The van der Waals surface area contributed by atoms with Crippen LogP contribution in [0.3, 0.4) is 0 Å². The second-order valence-electron chi connectivity index (χ2n) is 4.71. The van der Waals surface area contributed by atoms with Gasteiger partial charge in [0, 0.05) is 13.5 Å². The summed E-state index contributed by atoms with van der Waals surface area (Å²) in [6.45, 7) is 0. The number of amides is 1. The molecule has 2 rings (SSSR count). The third-order valence-corrected chi connectivity index (χ3v) is 3.95. The summed E-state index contributed by atoms with van der Waals surface area (Å²) in [5, 5.41) is 1.35. The van der Waals surface area contributed by atoms with E-state index in [4.69, 9.17) is 4.84 Å². The van der Waals surface area contributed by atoms with Gasteiger partial charge in [-0.05, 0) is 37.0 Å². The molecule has 0 N–H and O–H groups in total. The molecule has 1 amide bonds. The molecule has 3 heteroatoms. The van der Waals surface area contributed by atoms with Crippen LogP contribution in [0.1, 0.15) is 32.1 Å². The molecule has 0 spiro atoms. The van der Waals surface area contributed by atoms with Gasteiger partial charge in [-0.3, -0.25) is 9.63 Å². The molecule has 3 unspecified atom stereocenters. The highest BCUT2D eigenvalue weighted by molar-refractivity contribution is 5.75. The number of hydroxylamine groups is 2. The second-order valence-corrected chi connectivity index (χ2v) is 4.71. The molecule has 0 aromatic heterocycles. The van der Waals surface area contributed by atoms with Crippen LogP contribution in [0.2, 0.25) is 0 Å². The zero-order valence-electron chi connectivity index (χ0n) is 9.03. The van der Waals surface area contributed by atoms with Gasteiger partial charge in [0.05, 0.1) is 7.11 Å². The fourth-order valence-electron chi connectivity index (χ4n) is 3.08. The predicted molar refractivity (Wildman–Crippen MR) is 53.3 cm³/mol. The van der Waals surface area contributed by atoms with E-state index in [1.165, 1.54) is 30.7 Å². The molecule has 0 heterocycles. The van der Waals surface area contributed by atoms with Crippen molar-refractivity contribution in [3.63, 3.8) is 0 Å². The molecular weight excluding hydrogens is 178 g/mol. The molecule has 0 saturated heterocycles. The van der Waals surface area contributed by atoms with Gasteiger partial charge >= 0.3 is 0 Å². The van der Waals surface area contributed by atoms with E-state index in [-0.39, 0.29) is 5.91 Å². The van der Waals surface area contributed by atoms with Crippen molar-refractivity contribution in [2.75, 3.05) is 14.2 Å². The Hall–Kier alpha value is -0.570. The third kappa shape index (κ3) is 1.78. The van der Waals surface area contributed by atoms with Crippen molar-refractivity contribution in [3.8, 4) is 0 Å². The van der Waals surface area contributed by atoms with Crippen molar-refractivity contribution in [3.05, 3.63) is 0 Å².